The summed E-state index contributed by atoms with van der Waals surface area (Å²) in [6, 6.07) is 5.20. The van der Waals surface area contributed by atoms with Crippen molar-refractivity contribution >= 4 is 46.1 Å². The van der Waals surface area contributed by atoms with Crippen LogP contribution in [-0.4, -0.2) is 19.5 Å². The van der Waals surface area contributed by atoms with Crippen LogP contribution in [-0.2, 0) is 0 Å². The van der Waals surface area contributed by atoms with Gasteiger partial charge in [0.25, 0.3) is 0 Å². The zero-order valence-corrected chi connectivity index (χ0v) is 11.0. The molecule has 0 spiro atoms. The molecule has 0 aliphatic heterocycles. The van der Waals surface area contributed by atoms with E-state index in [0.717, 1.165) is 5.69 Å². The SMILES string of the molecule is Nc1nc(N)c2ncn(-c3ccc(Cl)c(Cl)c3)c2n1. The van der Waals surface area contributed by atoms with Crippen molar-refractivity contribution in [2.75, 3.05) is 11.5 Å². The van der Waals surface area contributed by atoms with Crippen molar-refractivity contribution in [3.05, 3.63) is 34.6 Å². The summed E-state index contributed by atoms with van der Waals surface area (Å²) in [5.74, 6) is 0.327. The van der Waals surface area contributed by atoms with Crippen LogP contribution in [0, 0.1) is 0 Å². The topological polar surface area (TPSA) is 95.6 Å². The van der Waals surface area contributed by atoms with Crippen molar-refractivity contribution < 1.29 is 0 Å². The zero-order valence-electron chi connectivity index (χ0n) is 9.51. The van der Waals surface area contributed by atoms with Gasteiger partial charge in [-0.05, 0) is 18.2 Å². The Kier molecular flexibility index (Phi) is 2.69. The quantitative estimate of drug-likeness (QED) is 0.718. The predicted octanol–water partition coefficient (Wildman–Crippen LogP) is 2.29. The maximum Gasteiger partial charge on any atom is 0.224 e. The molecule has 6 nitrogen and oxygen atoms in total. The number of rotatable bonds is 1. The van der Waals surface area contributed by atoms with Crippen LogP contribution in [0.2, 0.25) is 10.0 Å². The summed E-state index contributed by atoms with van der Waals surface area (Å²) in [6.45, 7) is 0. The first-order valence-corrected chi connectivity index (χ1v) is 6.03. The Labute approximate surface area is 118 Å². The molecule has 19 heavy (non-hydrogen) atoms. The fourth-order valence-corrected chi connectivity index (χ4v) is 2.06. The summed E-state index contributed by atoms with van der Waals surface area (Å²) in [6.07, 6.45) is 1.58. The first-order valence-electron chi connectivity index (χ1n) is 5.27. The Balaban J connectivity index is 2.28. The summed E-state index contributed by atoms with van der Waals surface area (Å²) in [7, 11) is 0. The van der Waals surface area contributed by atoms with Crippen molar-refractivity contribution in [2.45, 2.75) is 0 Å². The Morgan fingerprint density at radius 2 is 1.84 bits per heavy atom. The van der Waals surface area contributed by atoms with Gasteiger partial charge in [0.1, 0.15) is 6.33 Å². The van der Waals surface area contributed by atoms with Gasteiger partial charge in [-0.1, -0.05) is 23.2 Å². The molecule has 4 N–H and O–H groups in total. The van der Waals surface area contributed by atoms with Gasteiger partial charge in [0.15, 0.2) is 17.0 Å². The largest absolute Gasteiger partial charge is 0.382 e. The van der Waals surface area contributed by atoms with E-state index in [1.807, 2.05) is 0 Å². The van der Waals surface area contributed by atoms with Gasteiger partial charge in [0.2, 0.25) is 5.95 Å². The number of halogens is 2. The number of nitrogen functional groups attached to an aromatic ring is 2. The van der Waals surface area contributed by atoms with E-state index in [-0.39, 0.29) is 11.8 Å². The van der Waals surface area contributed by atoms with Gasteiger partial charge < -0.3 is 11.5 Å². The van der Waals surface area contributed by atoms with E-state index in [1.54, 1.807) is 29.1 Å². The molecule has 2 aromatic heterocycles. The Morgan fingerprint density at radius 3 is 2.58 bits per heavy atom. The number of imidazole rings is 1. The molecule has 0 saturated heterocycles. The minimum absolute atomic E-state index is 0.0896. The van der Waals surface area contributed by atoms with Crippen molar-refractivity contribution in [3.63, 3.8) is 0 Å². The number of nitrogens with two attached hydrogens (primary N) is 2. The van der Waals surface area contributed by atoms with Crippen LogP contribution in [0.5, 0.6) is 0 Å². The van der Waals surface area contributed by atoms with Crippen LogP contribution < -0.4 is 11.5 Å². The second-order valence-electron chi connectivity index (χ2n) is 3.85. The van der Waals surface area contributed by atoms with Crippen LogP contribution in [0.3, 0.4) is 0 Å². The Morgan fingerprint density at radius 1 is 1.05 bits per heavy atom. The number of benzene rings is 1. The lowest BCUT2D eigenvalue weighted by Gasteiger charge is -2.05. The van der Waals surface area contributed by atoms with E-state index in [4.69, 9.17) is 34.7 Å². The fraction of sp³-hybridized carbons (Fsp3) is 0. The molecule has 0 amide bonds. The van der Waals surface area contributed by atoms with Crippen LogP contribution in [0.1, 0.15) is 0 Å². The normalized spacial score (nSPS) is 11.1. The van der Waals surface area contributed by atoms with Crippen LogP contribution in [0.4, 0.5) is 11.8 Å². The minimum atomic E-state index is 0.0896. The molecule has 0 unspecified atom stereocenters. The van der Waals surface area contributed by atoms with Gasteiger partial charge in [-0.15, -0.1) is 0 Å². The fourth-order valence-electron chi connectivity index (χ4n) is 1.76. The molecule has 3 rings (SSSR count). The first-order chi connectivity index (χ1) is 9.06. The van der Waals surface area contributed by atoms with E-state index < -0.39 is 0 Å². The average molecular weight is 295 g/mol. The van der Waals surface area contributed by atoms with Crippen LogP contribution >= 0.6 is 23.2 Å². The van der Waals surface area contributed by atoms with E-state index in [9.17, 15) is 0 Å². The third kappa shape index (κ3) is 1.94. The van der Waals surface area contributed by atoms with Crippen LogP contribution in [0.15, 0.2) is 24.5 Å². The smallest absolute Gasteiger partial charge is 0.224 e. The van der Waals surface area contributed by atoms with Crippen molar-refractivity contribution in [2.24, 2.45) is 0 Å². The Hall–Kier alpha value is -2.05. The third-order valence-corrected chi connectivity index (χ3v) is 3.36. The number of hydrogen-bond acceptors (Lipinski definition) is 5. The molecular weight excluding hydrogens is 287 g/mol. The van der Waals surface area contributed by atoms with Gasteiger partial charge in [0, 0.05) is 0 Å². The number of nitrogens with zero attached hydrogens (tertiary/aromatic N) is 4. The molecule has 0 bridgehead atoms. The van der Waals surface area contributed by atoms with E-state index in [2.05, 4.69) is 15.0 Å². The van der Waals surface area contributed by atoms with Gasteiger partial charge in [-0.2, -0.15) is 9.97 Å². The first kappa shape index (κ1) is 12.0. The minimum Gasteiger partial charge on any atom is -0.382 e. The highest BCUT2D eigenvalue weighted by molar-refractivity contribution is 6.42. The standard InChI is InChI=1S/C11H8Cl2N6/c12-6-2-1-5(3-7(6)13)19-4-16-8-9(14)17-11(15)18-10(8)19/h1-4H,(H4,14,15,17,18). The molecular formula is C11H8Cl2N6. The second-order valence-corrected chi connectivity index (χ2v) is 4.67. The summed E-state index contributed by atoms with van der Waals surface area (Å²) in [5, 5.41) is 0.916. The highest BCUT2D eigenvalue weighted by atomic mass is 35.5. The molecule has 0 atom stereocenters. The average Bonchev–Trinajstić information content (AvgIpc) is 2.76. The summed E-state index contributed by atoms with van der Waals surface area (Å²) in [5.41, 5.74) is 13.1. The lowest BCUT2D eigenvalue weighted by molar-refractivity contribution is 1.06. The lowest BCUT2D eigenvalue weighted by atomic mass is 10.3. The molecule has 0 aliphatic carbocycles. The molecule has 1 aromatic carbocycles. The molecule has 0 saturated carbocycles. The van der Waals surface area contributed by atoms with E-state index >= 15 is 0 Å². The maximum atomic E-state index is 6.00. The van der Waals surface area contributed by atoms with Gasteiger partial charge in [0.05, 0.1) is 15.7 Å². The van der Waals surface area contributed by atoms with Crippen molar-refractivity contribution in [1.29, 1.82) is 0 Å². The molecule has 0 fully saturated rings. The van der Waals surface area contributed by atoms with Crippen molar-refractivity contribution in [1.82, 2.24) is 19.5 Å². The van der Waals surface area contributed by atoms with Gasteiger partial charge in [-0.25, -0.2) is 4.98 Å². The maximum absolute atomic E-state index is 6.00. The van der Waals surface area contributed by atoms with Crippen molar-refractivity contribution in [3.8, 4) is 5.69 Å². The summed E-state index contributed by atoms with van der Waals surface area (Å²) in [4.78, 5) is 12.2. The third-order valence-electron chi connectivity index (χ3n) is 2.62. The monoisotopic (exact) mass is 294 g/mol. The predicted molar refractivity (Wildman–Crippen MR) is 75.5 cm³/mol. The number of hydrogen-bond donors (Lipinski definition) is 2. The molecule has 0 aliphatic rings. The van der Waals surface area contributed by atoms with E-state index in [0.29, 0.717) is 21.2 Å². The van der Waals surface area contributed by atoms with Gasteiger partial charge in [-0.3, -0.25) is 4.57 Å². The number of anilines is 2. The lowest BCUT2D eigenvalue weighted by Crippen LogP contribution is -2.02. The number of aromatic nitrogens is 4. The Bertz CT molecular complexity index is 782. The molecule has 96 valence electrons. The molecule has 2 heterocycles. The molecule has 0 radical (unpaired) electrons. The molecule has 8 heteroatoms. The second kappa shape index (κ2) is 4.25. The summed E-state index contributed by atoms with van der Waals surface area (Å²) < 4.78 is 1.71. The zero-order chi connectivity index (χ0) is 13.6. The highest BCUT2D eigenvalue weighted by Crippen LogP contribution is 2.26. The molecule has 3 aromatic rings. The number of fused-ring (bicyclic) bond motifs is 1. The van der Waals surface area contributed by atoms with Gasteiger partial charge >= 0.3 is 0 Å². The van der Waals surface area contributed by atoms with Crippen LogP contribution in [0.25, 0.3) is 16.9 Å². The summed E-state index contributed by atoms with van der Waals surface area (Å²) >= 11 is 11.9. The highest BCUT2D eigenvalue weighted by Gasteiger charge is 2.12. The van der Waals surface area contributed by atoms with E-state index in [1.165, 1.54) is 0 Å².